The Morgan fingerprint density at radius 2 is 1.71 bits per heavy atom. The predicted molar refractivity (Wildman–Crippen MR) is 163 cm³/mol. The van der Waals surface area contributed by atoms with Crippen molar-refractivity contribution in [3.63, 3.8) is 0 Å². The first-order valence-corrected chi connectivity index (χ1v) is 15.6. The number of anilines is 1. The monoisotopic (exact) mass is 743 g/mol. The van der Waals surface area contributed by atoms with Crippen LogP contribution in [-0.2, 0) is 25.6 Å². The number of amides is 2. The number of hydrogen-bond acceptors (Lipinski definition) is 6. The van der Waals surface area contributed by atoms with Crippen molar-refractivity contribution >= 4 is 76.9 Å². The average molecular weight is 746 g/mol. The van der Waals surface area contributed by atoms with Crippen LogP contribution in [0.15, 0.2) is 72.6 Å². The standard InChI is InChI=1S/C31H24Br3NO6/c1-3-13-4-6-14(7-5-13)35-30(39)16-9-8-15-17(24(16)31(35)40)10-19-25(21(36)12-20(32)28(19)37)23(15)18-11-22(41-2)29(38)27(34)26(18)33/h4-8,11-12,16-17,23-24,38H,3,9-10H2,1-2H3/t16-,17+,23+,24-/m0/s1. The van der Waals surface area contributed by atoms with E-state index in [0.29, 0.717) is 37.8 Å². The molecule has 1 fully saturated rings. The first-order chi connectivity index (χ1) is 19.6. The van der Waals surface area contributed by atoms with Crippen molar-refractivity contribution in [2.24, 2.45) is 17.8 Å². The van der Waals surface area contributed by atoms with E-state index < -0.39 is 23.7 Å². The fourth-order valence-corrected chi connectivity index (χ4v) is 8.08. The van der Waals surface area contributed by atoms with Gasteiger partial charge < -0.3 is 9.84 Å². The minimum Gasteiger partial charge on any atom is -0.503 e. The topological polar surface area (TPSA) is 101 Å². The number of aryl methyl sites for hydroxylation is 1. The summed E-state index contributed by atoms with van der Waals surface area (Å²) in [7, 11) is 1.43. The summed E-state index contributed by atoms with van der Waals surface area (Å²) < 4.78 is 6.41. The number of Topliss-reactive ketones (excluding diaryl/α,β-unsaturated/α-hetero) is 1. The number of methoxy groups -OCH3 is 1. The lowest BCUT2D eigenvalue weighted by Crippen LogP contribution is -2.39. The summed E-state index contributed by atoms with van der Waals surface area (Å²) in [5.74, 6) is -3.51. The largest absolute Gasteiger partial charge is 0.503 e. The molecule has 1 N–H and O–H groups in total. The van der Waals surface area contributed by atoms with Crippen molar-refractivity contribution in [2.75, 3.05) is 12.0 Å². The molecule has 7 nitrogen and oxygen atoms in total. The Labute approximate surface area is 261 Å². The van der Waals surface area contributed by atoms with Gasteiger partial charge in [-0.2, -0.15) is 0 Å². The maximum atomic E-state index is 14.1. The summed E-state index contributed by atoms with van der Waals surface area (Å²) in [6.45, 7) is 2.04. The molecular formula is C31H24Br3NO6. The smallest absolute Gasteiger partial charge is 0.238 e. The molecule has 0 spiro atoms. The number of allylic oxidation sites excluding steroid dienone is 6. The number of carbonyl (C=O) groups is 4. The Balaban J connectivity index is 1.51. The molecule has 0 bridgehead atoms. The van der Waals surface area contributed by atoms with E-state index in [4.69, 9.17) is 4.74 Å². The van der Waals surface area contributed by atoms with Crippen LogP contribution in [0, 0.1) is 17.8 Å². The van der Waals surface area contributed by atoms with Crippen molar-refractivity contribution in [3.8, 4) is 11.5 Å². The van der Waals surface area contributed by atoms with Crippen LogP contribution in [0.3, 0.4) is 0 Å². The minimum atomic E-state index is -0.695. The fraction of sp³-hybridized carbons (Fsp3) is 0.290. The van der Waals surface area contributed by atoms with E-state index in [0.717, 1.165) is 17.6 Å². The van der Waals surface area contributed by atoms with Gasteiger partial charge in [-0.15, -0.1) is 0 Å². The summed E-state index contributed by atoms with van der Waals surface area (Å²) in [6.07, 6.45) is 4.58. The Morgan fingerprint density at radius 3 is 2.37 bits per heavy atom. The molecule has 2 aromatic carbocycles. The lowest BCUT2D eigenvalue weighted by atomic mass is 9.59. The first-order valence-electron chi connectivity index (χ1n) is 13.2. The first kappa shape index (κ1) is 28.3. The molecule has 10 heteroatoms. The van der Waals surface area contributed by atoms with Gasteiger partial charge in [-0.1, -0.05) is 30.7 Å². The third-order valence-electron chi connectivity index (χ3n) is 8.64. The summed E-state index contributed by atoms with van der Waals surface area (Å²) in [5.41, 5.74) is 3.71. The minimum absolute atomic E-state index is 0.114. The second kappa shape index (κ2) is 10.5. The van der Waals surface area contributed by atoms with Gasteiger partial charge in [-0.3, -0.25) is 24.1 Å². The number of fused-ring (bicyclic) bond motifs is 3. The Kier molecular flexibility index (Phi) is 7.23. The van der Waals surface area contributed by atoms with Gasteiger partial charge in [-0.25, -0.2) is 0 Å². The average Bonchev–Trinajstić information content (AvgIpc) is 3.23. The lowest BCUT2D eigenvalue weighted by molar-refractivity contribution is -0.123. The van der Waals surface area contributed by atoms with Crippen molar-refractivity contribution < 1.29 is 29.0 Å². The number of hydrogen-bond donors (Lipinski definition) is 1. The second-order valence-electron chi connectivity index (χ2n) is 10.6. The van der Waals surface area contributed by atoms with Crippen LogP contribution in [0.2, 0.25) is 0 Å². The molecule has 2 amide bonds. The molecule has 1 aliphatic heterocycles. The van der Waals surface area contributed by atoms with Crippen molar-refractivity contribution in [1.29, 1.82) is 0 Å². The van der Waals surface area contributed by atoms with E-state index in [9.17, 15) is 24.3 Å². The van der Waals surface area contributed by atoms with Crippen LogP contribution >= 0.6 is 47.8 Å². The summed E-state index contributed by atoms with van der Waals surface area (Å²) in [4.78, 5) is 56.0. The third-order valence-corrected chi connectivity index (χ3v) is 11.4. The number of ketones is 2. The number of aromatic hydroxyl groups is 1. The van der Waals surface area contributed by atoms with E-state index in [1.807, 2.05) is 25.1 Å². The van der Waals surface area contributed by atoms with Gasteiger partial charge in [0.15, 0.2) is 23.1 Å². The van der Waals surface area contributed by atoms with Gasteiger partial charge in [0.05, 0.1) is 33.6 Å². The van der Waals surface area contributed by atoms with Crippen LogP contribution < -0.4 is 9.64 Å². The second-order valence-corrected chi connectivity index (χ2v) is 13.0. The summed E-state index contributed by atoms with van der Waals surface area (Å²) in [6, 6.07) is 9.07. The highest BCUT2D eigenvalue weighted by Crippen LogP contribution is 2.58. The van der Waals surface area contributed by atoms with Gasteiger partial charge in [0.1, 0.15) is 0 Å². The molecule has 2 aromatic rings. The molecule has 0 saturated carbocycles. The number of halogens is 3. The van der Waals surface area contributed by atoms with Crippen LogP contribution in [0.1, 0.15) is 36.8 Å². The van der Waals surface area contributed by atoms with E-state index in [1.165, 1.54) is 18.1 Å². The Morgan fingerprint density at radius 1 is 1.00 bits per heavy atom. The highest BCUT2D eigenvalue weighted by Gasteiger charge is 2.57. The number of carbonyl (C=O) groups excluding carboxylic acids is 4. The zero-order valence-electron chi connectivity index (χ0n) is 22.0. The third kappa shape index (κ3) is 4.24. The molecule has 1 heterocycles. The van der Waals surface area contributed by atoms with E-state index >= 15 is 0 Å². The molecule has 0 radical (unpaired) electrons. The molecule has 210 valence electrons. The molecule has 4 aliphatic rings. The van der Waals surface area contributed by atoms with Crippen LogP contribution in [-0.4, -0.2) is 35.6 Å². The predicted octanol–water partition coefficient (Wildman–Crippen LogP) is 6.45. The number of rotatable bonds is 4. The molecule has 41 heavy (non-hydrogen) atoms. The van der Waals surface area contributed by atoms with Crippen molar-refractivity contribution in [3.05, 3.63) is 83.8 Å². The zero-order valence-corrected chi connectivity index (χ0v) is 26.8. The van der Waals surface area contributed by atoms with Crippen molar-refractivity contribution in [2.45, 2.75) is 32.1 Å². The number of benzene rings is 2. The fourth-order valence-electron chi connectivity index (χ4n) is 6.67. The Hall–Kier alpha value is -2.82. The SMILES string of the molecule is CCc1ccc(N2C(=O)[C@H]3[C@H](CC=C4[C@H](c5cc(OC)c(O)c(Br)c5Br)C5=C(C[C@H]43)C(=O)C(Br)=CC5=O)C2=O)cc1. The van der Waals surface area contributed by atoms with Gasteiger partial charge in [-0.05, 0) is 102 Å². The number of nitrogens with zero attached hydrogens (tertiary/aromatic N) is 1. The maximum absolute atomic E-state index is 14.1. The molecular weight excluding hydrogens is 722 g/mol. The number of phenols is 1. The van der Waals surface area contributed by atoms with Gasteiger partial charge in [0.2, 0.25) is 11.8 Å². The van der Waals surface area contributed by atoms with Gasteiger partial charge in [0.25, 0.3) is 0 Å². The van der Waals surface area contributed by atoms with Crippen LogP contribution in [0.4, 0.5) is 5.69 Å². The molecule has 0 aromatic heterocycles. The number of phenolic OH excluding ortho intramolecular Hbond substituents is 1. The van der Waals surface area contributed by atoms with Crippen molar-refractivity contribution in [1.82, 2.24) is 0 Å². The lowest BCUT2D eigenvalue weighted by Gasteiger charge is -2.42. The molecule has 6 rings (SSSR count). The van der Waals surface area contributed by atoms with Gasteiger partial charge >= 0.3 is 0 Å². The van der Waals surface area contributed by atoms with Gasteiger partial charge in [0, 0.05) is 27.6 Å². The number of ether oxygens (including phenoxy) is 1. The highest BCUT2D eigenvalue weighted by molar-refractivity contribution is 9.13. The molecule has 0 unspecified atom stereocenters. The Bertz CT molecular complexity index is 1650. The van der Waals surface area contributed by atoms with Crippen LogP contribution in [0.5, 0.6) is 11.5 Å². The molecule has 1 saturated heterocycles. The maximum Gasteiger partial charge on any atom is 0.238 e. The normalized spacial score (nSPS) is 25.5. The van der Waals surface area contributed by atoms with E-state index in [-0.39, 0.29) is 45.8 Å². The zero-order chi connectivity index (χ0) is 29.3. The van der Waals surface area contributed by atoms with Crippen LogP contribution in [0.25, 0.3) is 0 Å². The van der Waals surface area contributed by atoms with E-state index in [1.54, 1.807) is 18.2 Å². The molecule has 4 atom stereocenters. The summed E-state index contributed by atoms with van der Waals surface area (Å²) >= 11 is 10.2. The van der Waals surface area contributed by atoms with E-state index in [2.05, 4.69) is 47.8 Å². The summed E-state index contributed by atoms with van der Waals surface area (Å²) in [5, 5.41) is 10.6. The molecule has 3 aliphatic carbocycles. The quantitative estimate of drug-likeness (QED) is 0.219. The number of imide groups is 1. The highest BCUT2D eigenvalue weighted by atomic mass is 79.9.